The lowest BCUT2D eigenvalue weighted by Gasteiger charge is -2.33. The van der Waals surface area contributed by atoms with Crippen LogP contribution in [0.25, 0.3) is 0 Å². The highest BCUT2D eigenvalue weighted by Gasteiger charge is 2.26. The molecule has 2 radical (unpaired) electrons. The number of benzene rings is 1. The second kappa shape index (κ2) is 7.92. The summed E-state index contributed by atoms with van der Waals surface area (Å²) in [6, 6.07) is 6.55. The van der Waals surface area contributed by atoms with E-state index < -0.39 is 0 Å². The Morgan fingerprint density at radius 3 is 3.00 bits per heavy atom. The summed E-state index contributed by atoms with van der Waals surface area (Å²) in [4.78, 5) is 14.6. The number of methoxy groups -OCH3 is 1. The van der Waals surface area contributed by atoms with Crippen LogP contribution in [0.2, 0.25) is 0 Å². The summed E-state index contributed by atoms with van der Waals surface area (Å²) >= 11 is 1.64. The van der Waals surface area contributed by atoms with E-state index >= 15 is 0 Å². The van der Waals surface area contributed by atoms with Gasteiger partial charge in [0.2, 0.25) is 0 Å². The molecule has 1 aromatic carbocycles. The van der Waals surface area contributed by atoms with Gasteiger partial charge in [-0.1, -0.05) is 17.8 Å². The van der Waals surface area contributed by atoms with Crippen molar-refractivity contribution in [3.05, 3.63) is 48.5 Å². The molecule has 0 aliphatic carbocycles. The average molecular weight is 370 g/mol. The Morgan fingerprint density at radius 1 is 1.27 bits per heavy atom. The molecule has 0 saturated carbocycles. The van der Waals surface area contributed by atoms with E-state index in [0.717, 1.165) is 53.4 Å². The fraction of sp³-hybridized carbons (Fsp3) is 0.368. The molecule has 0 atom stereocenters. The van der Waals surface area contributed by atoms with Crippen molar-refractivity contribution in [2.75, 3.05) is 38.4 Å². The van der Waals surface area contributed by atoms with Crippen molar-refractivity contribution in [1.29, 1.82) is 0 Å². The Morgan fingerprint density at radius 2 is 2.15 bits per heavy atom. The first-order valence-electron chi connectivity index (χ1n) is 8.68. The number of aromatic nitrogens is 2. The minimum Gasteiger partial charge on any atom is -0.396 e. The zero-order valence-electron chi connectivity index (χ0n) is 14.8. The molecule has 0 bridgehead atoms. The molecule has 7 heteroatoms. The number of ether oxygens (including phenoxy) is 1. The van der Waals surface area contributed by atoms with Crippen LogP contribution in [0.3, 0.4) is 0 Å². The lowest BCUT2D eigenvalue weighted by Crippen LogP contribution is -2.35. The van der Waals surface area contributed by atoms with E-state index in [1.807, 2.05) is 0 Å². The van der Waals surface area contributed by atoms with Gasteiger partial charge in [0.15, 0.2) is 5.82 Å². The number of aliphatic hydroxyl groups excluding tert-OH is 1. The number of aliphatic hydroxyl groups is 1. The minimum atomic E-state index is 0.147. The fourth-order valence-corrected chi connectivity index (χ4v) is 4.39. The highest BCUT2D eigenvalue weighted by molar-refractivity contribution is 7.99. The summed E-state index contributed by atoms with van der Waals surface area (Å²) in [5.41, 5.74) is 2.36. The zero-order chi connectivity index (χ0) is 17.9. The topological polar surface area (TPSA) is 61.7 Å². The monoisotopic (exact) mass is 370 g/mol. The van der Waals surface area contributed by atoms with Gasteiger partial charge in [-0.15, -0.1) is 0 Å². The number of nitrogens with zero attached hydrogens (tertiary/aromatic N) is 4. The second-order valence-electron chi connectivity index (χ2n) is 6.45. The van der Waals surface area contributed by atoms with Gasteiger partial charge in [-0.3, -0.25) is 9.80 Å². The first kappa shape index (κ1) is 17.7. The number of hydrogen-bond acceptors (Lipinski definition) is 7. The van der Waals surface area contributed by atoms with Crippen LogP contribution in [-0.2, 0) is 11.3 Å². The number of fused-ring (bicyclic) bond motifs is 2. The van der Waals surface area contributed by atoms with Crippen molar-refractivity contribution < 1.29 is 9.84 Å². The summed E-state index contributed by atoms with van der Waals surface area (Å²) in [5.74, 6) is 1.95. The summed E-state index contributed by atoms with van der Waals surface area (Å²) < 4.78 is 5.42. The maximum atomic E-state index is 9.39. The van der Waals surface area contributed by atoms with Crippen molar-refractivity contribution in [3.8, 4) is 0 Å². The molecule has 136 valence electrons. The van der Waals surface area contributed by atoms with E-state index in [9.17, 15) is 5.11 Å². The predicted octanol–water partition coefficient (Wildman–Crippen LogP) is 2.66. The van der Waals surface area contributed by atoms with Crippen LogP contribution in [0, 0.1) is 12.3 Å². The molecule has 0 spiro atoms. The SMILES string of the molecule is COCN1c2cc(CN3CC[CH][C](CO)C3)ccc2Sc2nccnc21. The van der Waals surface area contributed by atoms with Gasteiger partial charge in [0.1, 0.15) is 11.8 Å². The molecule has 2 aliphatic heterocycles. The number of piperidine rings is 1. The zero-order valence-corrected chi connectivity index (χ0v) is 15.6. The van der Waals surface area contributed by atoms with E-state index in [-0.39, 0.29) is 6.61 Å². The van der Waals surface area contributed by atoms with E-state index in [4.69, 9.17) is 4.74 Å². The number of rotatable bonds is 5. The molecule has 1 saturated heterocycles. The molecule has 1 aromatic heterocycles. The Bertz CT molecular complexity index is 773. The molecule has 6 nitrogen and oxygen atoms in total. The van der Waals surface area contributed by atoms with Crippen LogP contribution in [0.1, 0.15) is 12.0 Å². The summed E-state index contributed by atoms with van der Waals surface area (Å²) in [6.07, 6.45) is 6.58. The molecule has 4 rings (SSSR count). The van der Waals surface area contributed by atoms with Crippen LogP contribution >= 0.6 is 11.8 Å². The Hall–Kier alpha value is -1.67. The maximum Gasteiger partial charge on any atom is 0.168 e. The number of hydrogen-bond donors (Lipinski definition) is 1. The molecule has 2 aliphatic rings. The van der Waals surface area contributed by atoms with Crippen molar-refractivity contribution in [1.82, 2.24) is 14.9 Å². The highest BCUT2D eigenvalue weighted by atomic mass is 32.2. The van der Waals surface area contributed by atoms with Crippen molar-refractivity contribution >= 4 is 23.3 Å². The normalized spacial score (nSPS) is 17.8. The summed E-state index contributed by atoms with van der Waals surface area (Å²) in [6.45, 7) is 3.30. The fourth-order valence-electron chi connectivity index (χ4n) is 3.40. The summed E-state index contributed by atoms with van der Waals surface area (Å²) in [7, 11) is 1.69. The molecule has 0 unspecified atom stereocenters. The van der Waals surface area contributed by atoms with E-state index in [2.05, 4.69) is 44.4 Å². The number of anilines is 2. The van der Waals surface area contributed by atoms with Gasteiger partial charge in [-0.2, -0.15) is 0 Å². The molecular formula is C19H22N4O2S. The van der Waals surface area contributed by atoms with Crippen LogP contribution < -0.4 is 4.90 Å². The third-order valence-corrected chi connectivity index (χ3v) is 5.64. The molecule has 0 amide bonds. The summed E-state index contributed by atoms with van der Waals surface area (Å²) in [5, 5.41) is 10.3. The Kier molecular flexibility index (Phi) is 5.40. The lowest BCUT2D eigenvalue weighted by molar-refractivity contribution is 0.204. The van der Waals surface area contributed by atoms with E-state index in [0.29, 0.717) is 6.73 Å². The predicted molar refractivity (Wildman–Crippen MR) is 101 cm³/mol. The average Bonchev–Trinajstić information content (AvgIpc) is 2.68. The third kappa shape index (κ3) is 3.57. The standard InChI is InChI=1S/C19H22N4O2S/c1-25-13-23-16-9-14(10-22-8-2-3-15(11-22)12-24)4-5-17(16)26-19-18(23)20-6-7-21-19/h3-7,9,24H,2,8,10-13H2,1H3. The van der Waals surface area contributed by atoms with Gasteiger partial charge in [0.05, 0.1) is 12.3 Å². The first-order chi connectivity index (χ1) is 12.8. The lowest BCUT2D eigenvalue weighted by atomic mass is 9.98. The molecule has 3 heterocycles. The Balaban J connectivity index is 1.59. The van der Waals surface area contributed by atoms with Crippen molar-refractivity contribution in [2.45, 2.75) is 22.9 Å². The van der Waals surface area contributed by atoms with Crippen molar-refractivity contribution in [2.24, 2.45) is 0 Å². The van der Waals surface area contributed by atoms with Gasteiger partial charge in [-0.05, 0) is 37.1 Å². The first-order valence-corrected chi connectivity index (χ1v) is 9.49. The van der Waals surface area contributed by atoms with Crippen LogP contribution in [0.4, 0.5) is 11.5 Å². The van der Waals surface area contributed by atoms with Gasteiger partial charge < -0.3 is 9.84 Å². The van der Waals surface area contributed by atoms with Gasteiger partial charge >= 0.3 is 0 Å². The minimum absolute atomic E-state index is 0.147. The number of likely N-dealkylation sites (tertiary alicyclic amines) is 1. The smallest absolute Gasteiger partial charge is 0.168 e. The van der Waals surface area contributed by atoms with E-state index in [1.54, 1.807) is 31.3 Å². The molecule has 26 heavy (non-hydrogen) atoms. The Labute approximate surface area is 158 Å². The quantitative estimate of drug-likeness (QED) is 0.868. The van der Waals surface area contributed by atoms with Crippen LogP contribution in [-0.4, -0.2) is 53.5 Å². The molecule has 1 N–H and O–H groups in total. The highest BCUT2D eigenvalue weighted by Crippen LogP contribution is 2.46. The maximum absolute atomic E-state index is 9.39. The van der Waals surface area contributed by atoms with Crippen molar-refractivity contribution in [3.63, 3.8) is 0 Å². The molecule has 1 fully saturated rings. The third-order valence-electron chi connectivity index (χ3n) is 4.60. The van der Waals surface area contributed by atoms with Crippen LogP contribution in [0.15, 0.2) is 40.5 Å². The van der Waals surface area contributed by atoms with Gasteiger partial charge in [0.25, 0.3) is 0 Å². The molecular weight excluding hydrogens is 348 g/mol. The van der Waals surface area contributed by atoms with E-state index in [1.165, 1.54) is 5.56 Å². The van der Waals surface area contributed by atoms with Gasteiger partial charge in [-0.25, -0.2) is 9.97 Å². The second-order valence-corrected chi connectivity index (χ2v) is 7.49. The van der Waals surface area contributed by atoms with Gasteiger partial charge in [0, 0.05) is 43.4 Å². The largest absolute Gasteiger partial charge is 0.396 e. The molecule has 2 aromatic rings. The van der Waals surface area contributed by atoms with Crippen LogP contribution in [0.5, 0.6) is 0 Å².